The maximum atomic E-state index is 9.34. The van der Waals surface area contributed by atoms with Gasteiger partial charge in [0.05, 0.1) is 25.1 Å². The van der Waals surface area contributed by atoms with Crippen LogP contribution >= 0.6 is 11.8 Å². The molecule has 0 radical (unpaired) electrons. The minimum atomic E-state index is 0.00171. The molecule has 2 aromatic rings. The van der Waals surface area contributed by atoms with Crippen molar-refractivity contribution in [3.05, 3.63) is 47.3 Å². The van der Waals surface area contributed by atoms with Gasteiger partial charge in [0.25, 0.3) is 0 Å². The number of aryl methyl sites for hydroxylation is 1. The van der Waals surface area contributed by atoms with Gasteiger partial charge in [-0.2, -0.15) is 0 Å². The smallest absolute Gasteiger partial charge is 0.168 e. The Balaban J connectivity index is 2.06. The maximum absolute atomic E-state index is 9.34. The first-order valence-corrected chi connectivity index (χ1v) is 7.55. The number of aliphatic hydroxyl groups excluding tert-OH is 1. The summed E-state index contributed by atoms with van der Waals surface area (Å²) in [7, 11) is 1.68. The van der Waals surface area contributed by atoms with Gasteiger partial charge < -0.3 is 14.4 Å². The fourth-order valence-electron chi connectivity index (χ4n) is 2.00. The highest BCUT2D eigenvalue weighted by molar-refractivity contribution is 7.98. The Bertz CT molecular complexity index is 555. The first-order chi connectivity index (χ1) is 9.74. The number of aliphatic hydroxyl groups is 1. The van der Waals surface area contributed by atoms with E-state index in [9.17, 15) is 5.11 Å². The summed E-state index contributed by atoms with van der Waals surface area (Å²) in [5, 5.41) is 10.3. The third-order valence-corrected chi connectivity index (χ3v) is 4.09. The van der Waals surface area contributed by atoms with E-state index in [1.165, 1.54) is 11.1 Å². The van der Waals surface area contributed by atoms with Crippen molar-refractivity contribution >= 4 is 11.8 Å². The Morgan fingerprint density at radius 1 is 1.40 bits per heavy atom. The van der Waals surface area contributed by atoms with Crippen LogP contribution in [0.4, 0.5) is 0 Å². The van der Waals surface area contributed by atoms with E-state index in [1.807, 2.05) is 4.57 Å². The summed E-state index contributed by atoms with van der Waals surface area (Å²) < 4.78 is 7.13. The highest BCUT2D eigenvalue weighted by atomic mass is 32.2. The zero-order valence-corrected chi connectivity index (χ0v) is 12.7. The lowest BCUT2D eigenvalue weighted by Crippen LogP contribution is -2.09. The molecule has 1 heterocycles. The van der Waals surface area contributed by atoms with Crippen LogP contribution in [0.25, 0.3) is 0 Å². The largest absolute Gasteiger partial charge is 0.390 e. The lowest BCUT2D eigenvalue weighted by molar-refractivity contribution is 0.180. The number of hydrogen-bond donors (Lipinski definition) is 1. The van der Waals surface area contributed by atoms with Gasteiger partial charge in [-0.15, -0.1) is 0 Å². The molecule has 0 amide bonds. The number of ether oxygens (including phenoxy) is 1. The van der Waals surface area contributed by atoms with Gasteiger partial charge in [-0.3, -0.25) is 0 Å². The number of rotatable bonds is 7. The molecule has 108 valence electrons. The number of imidazole rings is 1. The van der Waals surface area contributed by atoms with Crippen LogP contribution in [0.5, 0.6) is 0 Å². The summed E-state index contributed by atoms with van der Waals surface area (Å²) in [6.07, 6.45) is 1.73. The van der Waals surface area contributed by atoms with Gasteiger partial charge in [0.15, 0.2) is 5.16 Å². The van der Waals surface area contributed by atoms with E-state index < -0.39 is 0 Å². The minimum Gasteiger partial charge on any atom is -0.390 e. The molecule has 0 fully saturated rings. The van der Waals surface area contributed by atoms with Gasteiger partial charge in [-0.25, -0.2) is 4.98 Å². The first-order valence-electron chi connectivity index (χ1n) is 6.57. The number of methoxy groups -OCH3 is 1. The molecule has 0 saturated carbocycles. The van der Waals surface area contributed by atoms with E-state index in [4.69, 9.17) is 4.74 Å². The van der Waals surface area contributed by atoms with Crippen LogP contribution in [0.3, 0.4) is 0 Å². The van der Waals surface area contributed by atoms with Gasteiger partial charge in [-0.05, 0) is 12.5 Å². The zero-order chi connectivity index (χ0) is 14.4. The Labute approximate surface area is 123 Å². The van der Waals surface area contributed by atoms with Gasteiger partial charge >= 0.3 is 0 Å². The summed E-state index contributed by atoms with van der Waals surface area (Å²) in [4.78, 5) is 4.39. The van der Waals surface area contributed by atoms with Crippen molar-refractivity contribution in [2.45, 2.75) is 31.0 Å². The summed E-state index contributed by atoms with van der Waals surface area (Å²) in [6, 6.07) is 8.47. The predicted octanol–water partition coefficient (Wildman–Crippen LogP) is 2.62. The second-order valence-electron chi connectivity index (χ2n) is 4.61. The predicted molar refractivity (Wildman–Crippen MR) is 80.8 cm³/mol. The van der Waals surface area contributed by atoms with E-state index in [-0.39, 0.29) is 6.61 Å². The van der Waals surface area contributed by atoms with Crippen molar-refractivity contribution in [2.24, 2.45) is 0 Å². The second-order valence-corrected chi connectivity index (χ2v) is 5.55. The highest BCUT2D eigenvalue weighted by Gasteiger charge is 2.10. The van der Waals surface area contributed by atoms with Crippen molar-refractivity contribution in [3.8, 4) is 0 Å². The summed E-state index contributed by atoms with van der Waals surface area (Å²) in [6.45, 7) is 3.42. The molecule has 2 rings (SSSR count). The molecular weight excluding hydrogens is 272 g/mol. The molecule has 0 spiro atoms. The summed E-state index contributed by atoms with van der Waals surface area (Å²) in [5.74, 6) is 0.872. The van der Waals surface area contributed by atoms with Crippen LogP contribution in [0, 0.1) is 6.92 Å². The van der Waals surface area contributed by atoms with E-state index in [2.05, 4.69) is 36.2 Å². The molecular formula is C15H20N2O2S. The van der Waals surface area contributed by atoms with E-state index in [0.717, 1.165) is 16.6 Å². The average Bonchev–Trinajstić information content (AvgIpc) is 2.85. The fraction of sp³-hybridized carbons (Fsp3) is 0.400. The van der Waals surface area contributed by atoms with Gasteiger partial charge in [0.1, 0.15) is 0 Å². The van der Waals surface area contributed by atoms with E-state index in [0.29, 0.717) is 13.2 Å². The minimum absolute atomic E-state index is 0.00171. The van der Waals surface area contributed by atoms with Crippen molar-refractivity contribution < 1.29 is 9.84 Å². The monoisotopic (exact) mass is 292 g/mol. The number of nitrogens with zero attached hydrogens (tertiary/aromatic N) is 2. The quantitative estimate of drug-likeness (QED) is 0.797. The lowest BCUT2D eigenvalue weighted by atomic mass is 10.2. The van der Waals surface area contributed by atoms with Crippen LogP contribution < -0.4 is 0 Å². The average molecular weight is 292 g/mol. The topological polar surface area (TPSA) is 47.3 Å². The van der Waals surface area contributed by atoms with Gasteiger partial charge in [0.2, 0.25) is 0 Å². The second kappa shape index (κ2) is 7.47. The number of benzene rings is 1. The third kappa shape index (κ3) is 3.85. The zero-order valence-electron chi connectivity index (χ0n) is 11.9. The van der Waals surface area contributed by atoms with Gasteiger partial charge in [0, 0.05) is 19.4 Å². The molecule has 20 heavy (non-hydrogen) atoms. The normalized spacial score (nSPS) is 10.9. The Hall–Kier alpha value is -1.30. The van der Waals surface area contributed by atoms with Crippen molar-refractivity contribution in [1.29, 1.82) is 0 Å². The number of thioether (sulfide) groups is 1. The molecule has 0 atom stereocenters. The Morgan fingerprint density at radius 2 is 2.25 bits per heavy atom. The lowest BCUT2D eigenvalue weighted by Gasteiger charge is -2.10. The maximum Gasteiger partial charge on any atom is 0.168 e. The Morgan fingerprint density at radius 3 is 2.95 bits per heavy atom. The molecule has 4 nitrogen and oxygen atoms in total. The number of aromatic nitrogens is 2. The van der Waals surface area contributed by atoms with Crippen LogP contribution in [0.2, 0.25) is 0 Å². The van der Waals surface area contributed by atoms with Crippen molar-refractivity contribution in [1.82, 2.24) is 9.55 Å². The number of hydrogen-bond acceptors (Lipinski definition) is 4. The molecule has 0 saturated heterocycles. The summed E-state index contributed by atoms with van der Waals surface area (Å²) in [5.41, 5.74) is 3.37. The highest BCUT2D eigenvalue weighted by Crippen LogP contribution is 2.23. The summed E-state index contributed by atoms with van der Waals surface area (Å²) >= 11 is 1.68. The molecule has 5 heteroatoms. The van der Waals surface area contributed by atoms with E-state index in [1.54, 1.807) is 25.1 Å². The van der Waals surface area contributed by atoms with Gasteiger partial charge in [-0.1, -0.05) is 41.6 Å². The van der Waals surface area contributed by atoms with Crippen LogP contribution in [0.15, 0.2) is 35.6 Å². The molecule has 1 aromatic heterocycles. The molecule has 0 bridgehead atoms. The SMILES string of the molecule is COCCn1c(CO)cnc1SCc1cccc(C)c1. The molecule has 1 N–H and O–H groups in total. The van der Waals surface area contributed by atoms with Crippen LogP contribution in [0.1, 0.15) is 16.8 Å². The molecule has 0 aliphatic carbocycles. The molecule has 0 aliphatic heterocycles. The van der Waals surface area contributed by atoms with Crippen molar-refractivity contribution in [2.75, 3.05) is 13.7 Å². The van der Waals surface area contributed by atoms with Crippen molar-refractivity contribution in [3.63, 3.8) is 0 Å². The molecule has 0 aliphatic rings. The fourth-order valence-corrected chi connectivity index (χ4v) is 2.97. The molecule has 0 unspecified atom stereocenters. The third-order valence-electron chi connectivity index (χ3n) is 3.03. The van der Waals surface area contributed by atoms with Crippen LogP contribution in [-0.4, -0.2) is 28.4 Å². The standard InChI is InChI=1S/C15H20N2O2S/c1-12-4-3-5-13(8-12)11-20-15-16-9-14(10-18)17(15)6-7-19-2/h3-5,8-9,18H,6-7,10-11H2,1-2H3. The first kappa shape index (κ1) is 15.1. The molecule has 1 aromatic carbocycles. The van der Waals surface area contributed by atoms with E-state index >= 15 is 0 Å². The van der Waals surface area contributed by atoms with Crippen LogP contribution in [-0.2, 0) is 23.6 Å². The Kier molecular flexibility index (Phi) is 5.64.